The Morgan fingerprint density at radius 2 is 0.486 bits per heavy atom. The van der Waals surface area contributed by atoms with Gasteiger partial charge in [0.25, 0.3) is 0 Å². The highest BCUT2D eigenvalue weighted by molar-refractivity contribution is 7.80. The summed E-state index contributed by atoms with van der Waals surface area (Å²) >= 11 is 35.7. The number of aliphatic hydroxyl groups is 4. The topological polar surface area (TPSA) is 118 Å². The Labute approximate surface area is 263 Å². The van der Waals surface area contributed by atoms with E-state index in [0.29, 0.717) is 52.9 Å². The van der Waals surface area contributed by atoms with Crippen LogP contribution in [0.5, 0.6) is 0 Å². The highest BCUT2D eigenvalue weighted by Gasteiger charge is 2.26. The SMILES string of the molecule is OCC(CO)(CO)CO.S=CCOCC=S.S=CCOCC=S.S=CCOCC=S.S=CCOCC=S. The van der Waals surface area contributed by atoms with Crippen LogP contribution in [0.4, 0.5) is 0 Å². The van der Waals surface area contributed by atoms with E-state index in [2.05, 4.69) is 97.7 Å². The smallest absolute Gasteiger partial charge is 0.0754 e. The Morgan fingerprint density at radius 3 is 0.541 bits per heavy atom. The van der Waals surface area contributed by atoms with Crippen LogP contribution in [-0.2, 0) is 18.9 Å². The molecule has 0 bridgehead atoms. The monoisotopic (exact) mass is 672 g/mol. The molecule has 8 nitrogen and oxygen atoms in total. The normalized spacial score (nSPS) is 8.97. The van der Waals surface area contributed by atoms with E-state index in [0.717, 1.165) is 0 Å². The summed E-state index contributed by atoms with van der Waals surface area (Å²) in [6.07, 6.45) is 0. The van der Waals surface area contributed by atoms with Crippen LogP contribution in [0.2, 0.25) is 0 Å². The predicted molar refractivity (Wildman–Crippen MR) is 183 cm³/mol. The lowest BCUT2D eigenvalue weighted by Gasteiger charge is -2.23. The molecule has 0 amide bonds. The second-order valence-electron chi connectivity index (χ2n) is 5.62. The van der Waals surface area contributed by atoms with Gasteiger partial charge in [0, 0.05) is 42.9 Å². The van der Waals surface area contributed by atoms with E-state index in [9.17, 15) is 0 Å². The molecule has 16 heteroatoms. The summed E-state index contributed by atoms with van der Waals surface area (Å²) in [4.78, 5) is 0. The van der Waals surface area contributed by atoms with Crippen molar-refractivity contribution in [2.45, 2.75) is 0 Å². The summed E-state index contributed by atoms with van der Waals surface area (Å²) in [6, 6.07) is 0. The molecule has 0 heterocycles. The van der Waals surface area contributed by atoms with Crippen LogP contribution in [0.1, 0.15) is 0 Å². The summed E-state index contributed by atoms with van der Waals surface area (Å²) < 4.78 is 19.2. The minimum absolute atomic E-state index is 0.406. The van der Waals surface area contributed by atoms with Gasteiger partial charge in [-0.3, -0.25) is 0 Å². The molecule has 0 atom stereocenters. The van der Waals surface area contributed by atoms with Crippen molar-refractivity contribution in [2.24, 2.45) is 5.41 Å². The molecule has 0 unspecified atom stereocenters. The molecule has 0 fully saturated rings. The van der Waals surface area contributed by atoms with Gasteiger partial charge in [0.1, 0.15) is 0 Å². The molecule has 0 aliphatic carbocycles. The average Bonchev–Trinajstić information content (AvgIpc) is 2.93. The first-order chi connectivity index (χ1) is 17.9. The van der Waals surface area contributed by atoms with Gasteiger partial charge in [-0.05, 0) is 0 Å². The number of hydrogen-bond acceptors (Lipinski definition) is 16. The summed E-state index contributed by atoms with van der Waals surface area (Å²) in [5, 5.41) is 46.2. The van der Waals surface area contributed by atoms with Crippen molar-refractivity contribution in [3.8, 4) is 0 Å². The van der Waals surface area contributed by atoms with Gasteiger partial charge in [-0.1, -0.05) is 97.7 Å². The first-order valence-electron chi connectivity index (χ1n) is 10.1. The lowest BCUT2D eigenvalue weighted by Crippen LogP contribution is -2.37. The number of aliphatic hydroxyl groups excluding tert-OH is 4. The minimum atomic E-state index is -1.11. The largest absolute Gasteiger partial charge is 0.396 e. The quantitative estimate of drug-likeness (QED) is 0.111. The molecule has 0 saturated carbocycles. The summed E-state index contributed by atoms with van der Waals surface area (Å²) in [5.74, 6) is 0. The Morgan fingerprint density at radius 1 is 0.351 bits per heavy atom. The third-order valence-electron chi connectivity index (χ3n) is 2.83. The third-order valence-corrected chi connectivity index (χ3v) is 3.92. The van der Waals surface area contributed by atoms with Crippen LogP contribution >= 0.6 is 97.7 Å². The van der Waals surface area contributed by atoms with Crippen molar-refractivity contribution in [3.05, 3.63) is 0 Å². The van der Waals surface area contributed by atoms with E-state index in [1.165, 1.54) is 42.9 Å². The maximum absolute atomic E-state index is 8.50. The molecular weight excluding hydrogens is 637 g/mol. The fraction of sp³-hybridized carbons (Fsp3) is 0.619. The maximum atomic E-state index is 8.50. The van der Waals surface area contributed by atoms with Crippen LogP contribution < -0.4 is 0 Å². The van der Waals surface area contributed by atoms with E-state index >= 15 is 0 Å². The van der Waals surface area contributed by atoms with Gasteiger partial charge < -0.3 is 39.4 Å². The van der Waals surface area contributed by atoms with Crippen molar-refractivity contribution in [1.82, 2.24) is 0 Å². The summed E-state index contributed by atoms with van der Waals surface area (Å²) in [6.45, 7) is 2.51. The fourth-order valence-corrected chi connectivity index (χ4v) is 1.73. The molecule has 0 aromatic rings. The molecule has 0 aliphatic heterocycles. The lowest BCUT2D eigenvalue weighted by molar-refractivity contribution is -0.0328. The average molecular weight is 673 g/mol. The molecule has 4 N–H and O–H groups in total. The molecule has 0 aromatic heterocycles. The zero-order valence-corrected chi connectivity index (χ0v) is 26.8. The molecule has 0 aliphatic rings. The van der Waals surface area contributed by atoms with Gasteiger partial charge in [0.15, 0.2) is 0 Å². The standard InChI is InChI=1S/C5H12O4.4C4H6OS2/c6-1-5(2-7,3-8)4-9;4*6-3-1-5-2-4-7/h6-9H,1-4H2;4*3-4H,1-2H2. The Hall–Kier alpha value is 0.400. The van der Waals surface area contributed by atoms with Crippen LogP contribution in [0.25, 0.3) is 0 Å². The van der Waals surface area contributed by atoms with Gasteiger partial charge in [-0.2, -0.15) is 0 Å². The van der Waals surface area contributed by atoms with Crippen molar-refractivity contribution < 1.29 is 39.4 Å². The second kappa shape index (κ2) is 49.4. The Bertz CT molecular complexity index is 417. The summed E-state index contributed by atoms with van der Waals surface area (Å²) in [5.41, 5.74) is -1.11. The van der Waals surface area contributed by atoms with Gasteiger partial charge >= 0.3 is 0 Å². The van der Waals surface area contributed by atoms with Crippen molar-refractivity contribution in [3.63, 3.8) is 0 Å². The van der Waals surface area contributed by atoms with Crippen LogP contribution in [0, 0.1) is 5.41 Å². The molecule has 37 heavy (non-hydrogen) atoms. The first-order valence-corrected chi connectivity index (χ1v) is 13.9. The lowest BCUT2D eigenvalue weighted by atomic mass is 9.93. The highest BCUT2D eigenvalue weighted by atomic mass is 32.1. The number of thiocarbonyl (C=S) groups is 8. The second-order valence-corrected chi connectivity index (χ2v) is 8.28. The predicted octanol–water partition coefficient (Wildman–Crippen LogP) is 1.95. The molecule has 0 saturated heterocycles. The van der Waals surface area contributed by atoms with Gasteiger partial charge in [-0.25, -0.2) is 0 Å². The Kier molecular flexibility index (Phi) is 63.0. The maximum Gasteiger partial charge on any atom is 0.0754 e. The van der Waals surface area contributed by atoms with E-state index in [1.807, 2.05) is 0 Å². The molecule has 0 rings (SSSR count). The number of rotatable bonds is 20. The van der Waals surface area contributed by atoms with Crippen LogP contribution in [0.15, 0.2) is 0 Å². The highest BCUT2D eigenvalue weighted by Crippen LogP contribution is 2.11. The molecule has 0 aromatic carbocycles. The van der Waals surface area contributed by atoms with E-state index < -0.39 is 31.8 Å². The zero-order chi connectivity index (χ0) is 29.5. The molecular formula is C21H36O8S8. The van der Waals surface area contributed by atoms with E-state index in [1.54, 1.807) is 0 Å². The van der Waals surface area contributed by atoms with Crippen molar-refractivity contribution in [1.29, 1.82) is 0 Å². The van der Waals surface area contributed by atoms with E-state index in [4.69, 9.17) is 39.4 Å². The van der Waals surface area contributed by atoms with E-state index in [-0.39, 0.29) is 0 Å². The van der Waals surface area contributed by atoms with Crippen molar-refractivity contribution in [2.75, 3.05) is 79.3 Å². The third kappa shape index (κ3) is 53.4. The molecule has 216 valence electrons. The summed E-state index contributed by atoms with van der Waals surface area (Å²) in [7, 11) is 0. The fourth-order valence-electron chi connectivity index (χ4n) is 0.957. The Balaban J connectivity index is -0.000000116. The van der Waals surface area contributed by atoms with Gasteiger partial charge in [0.05, 0.1) is 84.7 Å². The van der Waals surface area contributed by atoms with Crippen molar-refractivity contribution >= 4 is 141 Å². The minimum Gasteiger partial charge on any atom is -0.396 e. The zero-order valence-electron chi connectivity index (χ0n) is 20.3. The number of ether oxygens (including phenoxy) is 4. The number of hydrogen-bond donors (Lipinski definition) is 4. The molecule has 0 spiro atoms. The van der Waals surface area contributed by atoms with Gasteiger partial charge in [-0.15, -0.1) is 0 Å². The van der Waals surface area contributed by atoms with Crippen LogP contribution in [0.3, 0.4) is 0 Å². The molecule has 0 radical (unpaired) electrons. The van der Waals surface area contributed by atoms with Crippen LogP contribution in [-0.4, -0.2) is 143 Å². The van der Waals surface area contributed by atoms with Gasteiger partial charge in [0.2, 0.25) is 0 Å². The first kappa shape index (κ1) is 47.2.